The van der Waals surface area contributed by atoms with Crippen LogP contribution in [0.3, 0.4) is 0 Å². The molecule has 0 spiro atoms. The summed E-state index contributed by atoms with van der Waals surface area (Å²) < 4.78 is 25.1. The highest BCUT2D eigenvalue weighted by atomic mass is 32.2. The number of carbonyl (C=O) groups excluding carboxylic acids is 1. The van der Waals surface area contributed by atoms with Crippen LogP contribution in [-0.4, -0.2) is 38.3 Å². The Morgan fingerprint density at radius 3 is 2.56 bits per heavy atom. The van der Waals surface area contributed by atoms with Gasteiger partial charge in [-0.1, -0.05) is 25.1 Å². The summed E-state index contributed by atoms with van der Waals surface area (Å²) in [4.78, 5) is 16.0. The fourth-order valence-corrected chi connectivity index (χ4v) is 2.95. The van der Waals surface area contributed by atoms with Crippen molar-refractivity contribution >= 4 is 27.8 Å². The van der Waals surface area contributed by atoms with E-state index in [1.54, 1.807) is 36.7 Å². The van der Waals surface area contributed by atoms with Gasteiger partial charge in [-0.15, -0.1) is 0 Å². The van der Waals surface area contributed by atoms with E-state index in [1.165, 1.54) is 6.21 Å². The summed E-state index contributed by atoms with van der Waals surface area (Å²) in [6.45, 7) is 1.66. The first-order chi connectivity index (χ1) is 11.9. The largest absolute Gasteiger partial charge is 0.271 e. The Morgan fingerprint density at radius 2 is 2.00 bits per heavy atom. The fraction of sp³-hybridized carbons (Fsp3) is 0.235. The second-order valence-corrected chi connectivity index (χ2v) is 7.28. The van der Waals surface area contributed by atoms with Crippen LogP contribution >= 0.6 is 0 Å². The van der Waals surface area contributed by atoms with Crippen LogP contribution in [0.1, 0.15) is 18.1 Å². The lowest BCUT2D eigenvalue weighted by atomic mass is 10.1. The Balaban J connectivity index is 2.06. The molecule has 132 valence electrons. The van der Waals surface area contributed by atoms with E-state index in [0.29, 0.717) is 5.69 Å². The second kappa shape index (κ2) is 8.39. The highest BCUT2D eigenvalue weighted by Crippen LogP contribution is 2.18. The Hall–Kier alpha value is -2.74. The fourth-order valence-electron chi connectivity index (χ4n) is 2.09. The van der Waals surface area contributed by atoms with Crippen LogP contribution in [0.25, 0.3) is 0 Å². The van der Waals surface area contributed by atoms with Gasteiger partial charge in [-0.3, -0.25) is 14.1 Å². The number of anilines is 1. The molecule has 1 N–H and O–H groups in total. The third-order valence-corrected chi connectivity index (χ3v) is 4.55. The molecule has 7 nitrogen and oxygen atoms in total. The van der Waals surface area contributed by atoms with Crippen LogP contribution in [0.5, 0.6) is 0 Å². The molecule has 0 aliphatic rings. The lowest BCUT2D eigenvalue weighted by molar-refractivity contribution is -0.119. The molecule has 25 heavy (non-hydrogen) atoms. The zero-order valence-electron chi connectivity index (χ0n) is 14.1. The number of sulfonamides is 1. The summed E-state index contributed by atoms with van der Waals surface area (Å²) in [5.41, 5.74) is 4.56. The molecule has 2 aromatic rings. The Kier molecular flexibility index (Phi) is 6.24. The van der Waals surface area contributed by atoms with Crippen LogP contribution in [0, 0.1) is 0 Å². The van der Waals surface area contributed by atoms with Crippen molar-refractivity contribution in [3.8, 4) is 0 Å². The van der Waals surface area contributed by atoms with Gasteiger partial charge in [-0.2, -0.15) is 5.10 Å². The van der Waals surface area contributed by atoms with Crippen LogP contribution in [0.4, 0.5) is 5.69 Å². The maximum Gasteiger partial charge on any atom is 0.260 e. The van der Waals surface area contributed by atoms with Crippen molar-refractivity contribution in [3.05, 3.63) is 59.9 Å². The molecule has 0 bridgehead atoms. The van der Waals surface area contributed by atoms with Crippen molar-refractivity contribution in [2.45, 2.75) is 13.3 Å². The monoisotopic (exact) mass is 360 g/mol. The van der Waals surface area contributed by atoms with Crippen molar-refractivity contribution in [1.82, 2.24) is 10.4 Å². The third kappa shape index (κ3) is 5.68. The number of carbonyl (C=O) groups is 1. The van der Waals surface area contributed by atoms with Crippen molar-refractivity contribution in [3.63, 3.8) is 0 Å². The number of pyridine rings is 1. The number of nitrogens with one attached hydrogen (secondary N) is 1. The summed E-state index contributed by atoms with van der Waals surface area (Å²) in [7, 11) is -3.60. The molecule has 0 aliphatic carbocycles. The van der Waals surface area contributed by atoms with E-state index in [4.69, 9.17) is 0 Å². The Bertz CT molecular complexity index is 834. The first-order valence-corrected chi connectivity index (χ1v) is 9.53. The predicted octanol–water partition coefficient (Wildman–Crippen LogP) is 1.56. The highest BCUT2D eigenvalue weighted by molar-refractivity contribution is 7.92. The second-order valence-electron chi connectivity index (χ2n) is 5.37. The number of hydrogen-bond donors (Lipinski definition) is 1. The maximum atomic E-state index is 12.0. The minimum Gasteiger partial charge on any atom is -0.271 e. The molecule has 0 saturated heterocycles. The summed E-state index contributed by atoms with van der Waals surface area (Å²) in [5, 5.41) is 3.81. The number of benzene rings is 1. The quantitative estimate of drug-likeness (QED) is 0.599. The smallest absolute Gasteiger partial charge is 0.260 e. The molecule has 0 atom stereocenters. The predicted molar refractivity (Wildman–Crippen MR) is 98.0 cm³/mol. The average Bonchev–Trinajstić information content (AvgIpc) is 2.60. The van der Waals surface area contributed by atoms with Crippen molar-refractivity contribution in [2.24, 2.45) is 5.10 Å². The number of rotatable bonds is 7. The SMILES string of the molecule is CCc1ccc(N(CC(=O)N/N=C\c2cccnc2)S(C)(=O)=O)cc1. The van der Waals surface area contributed by atoms with Gasteiger partial charge >= 0.3 is 0 Å². The average molecular weight is 360 g/mol. The number of nitrogens with zero attached hydrogens (tertiary/aromatic N) is 3. The molecule has 1 heterocycles. The summed E-state index contributed by atoms with van der Waals surface area (Å²) in [5.74, 6) is -0.537. The van der Waals surface area contributed by atoms with Crippen LogP contribution in [-0.2, 0) is 21.2 Å². The molecule has 2 rings (SSSR count). The van der Waals surface area contributed by atoms with Crippen molar-refractivity contribution in [2.75, 3.05) is 17.1 Å². The van der Waals surface area contributed by atoms with Gasteiger partial charge in [-0.05, 0) is 30.2 Å². The first-order valence-electron chi connectivity index (χ1n) is 7.68. The lowest BCUT2D eigenvalue weighted by Crippen LogP contribution is -2.39. The van der Waals surface area contributed by atoms with Gasteiger partial charge in [0.15, 0.2) is 0 Å². The molecule has 1 aromatic carbocycles. The van der Waals surface area contributed by atoms with E-state index in [2.05, 4.69) is 15.5 Å². The zero-order chi connectivity index (χ0) is 18.3. The molecule has 0 aliphatic heterocycles. The van der Waals surface area contributed by atoms with Gasteiger partial charge < -0.3 is 0 Å². The molecular weight excluding hydrogens is 340 g/mol. The van der Waals surface area contributed by atoms with E-state index in [9.17, 15) is 13.2 Å². The van der Waals surface area contributed by atoms with Gasteiger partial charge in [0.2, 0.25) is 10.0 Å². The first kappa shape index (κ1) is 18.6. The maximum absolute atomic E-state index is 12.0. The highest BCUT2D eigenvalue weighted by Gasteiger charge is 2.20. The normalized spacial score (nSPS) is 11.4. The number of hydrogen-bond acceptors (Lipinski definition) is 5. The molecule has 1 aromatic heterocycles. The molecule has 8 heteroatoms. The Labute approximate surface area is 147 Å². The van der Waals surface area contributed by atoms with E-state index in [0.717, 1.165) is 28.1 Å². The van der Waals surface area contributed by atoms with E-state index < -0.39 is 15.9 Å². The Morgan fingerprint density at radius 1 is 1.28 bits per heavy atom. The minimum atomic E-state index is -3.60. The number of amides is 1. The lowest BCUT2D eigenvalue weighted by Gasteiger charge is -2.21. The van der Waals surface area contributed by atoms with E-state index in [1.807, 2.05) is 19.1 Å². The minimum absolute atomic E-state index is 0.352. The zero-order valence-corrected chi connectivity index (χ0v) is 14.9. The topological polar surface area (TPSA) is 91.7 Å². The molecule has 1 amide bonds. The summed E-state index contributed by atoms with van der Waals surface area (Å²) in [6, 6.07) is 10.6. The van der Waals surface area contributed by atoms with Gasteiger partial charge in [0.25, 0.3) is 5.91 Å². The molecular formula is C17H20N4O3S. The number of aromatic nitrogens is 1. The standard InChI is InChI=1S/C17H20N4O3S/c1-3-14-6-8-16(9-7-14)21(25(2,23)24)13-17(22)20-19-12-15-5-4-10-18-11-15/h4-12H,3,13H2,1-2H3,(H,20,22)/b19-12-. The van der Waals surface area contributed by atoms with Crippen LogP contribution in [0.2, 0.25) is 0 Å². The van der Waals surface area contributed by atoms with E-state index >= 15 is 0 Å². The number of hydrazone groups is 1. The summed E-state index contributed by atoms with van der Waals surface area (Å²) >= 11 is 0. The van der Waals surface area contributed by atoms with Crippen molar-refractivity contribution < 1.29 is 13.2 Å². The van der Waals surface area contributed by atoms with Gasteiger partial charge in [0.05, 0.1) is 18.2 Å². The van der Waals surface area contributed by atoms with Gasteiger partial charge in [0.1, 0.15) is 6.54 Å². The molecule has 0 radical (unpaired) electrons. The van der Waals surface area contributed by atoms with Crippen molar-refractivity contribution in [1.29, 1.82) is 0 Å². The van der Waals surface area contributed by atoms with Crippen LogP contribution in [0.15, 0.2) is 53.9 Å². The number of aryl methyl sites for hydroxylation is 1. The van der Waals surface area contributed by atoms with Crippen LogP contribution < -0.4 is 9.73 Å². The third-order valence-electron chi connectivity index (χ3n) is 3.41. The van der Waals surface area contributed by atoms with E-state index in [-0.39, 0.29) is 6.54 Å². The molecule has 0 unspecified atom stereocenters. The molecule has 0 saturated carbocycles. The van der Waals surface area contributed by atoms with Gasteiger partial charge in [0, 0.05) is 18.0 Å². The molecule has 0 fully saturated rings. The van der Waals surface area contributed by atoms with Gasteiger partial charge in [-0.25, -0.2) is 13.8 Å². The summed E-state index contributed by atoms with van der Waals surface area (Å²) in [6.07, 6.45) is 6.57.